The molecule has 0 atom stereocenters. The van der Waals surface area contributed by atoms with Crippen LogP contribution in [0.15, 0.2) is 76.9 Å². The summed E-state index contributed by atoms with van der Waals surface area (Å²) in [4.78, 5) is 26.7. The van der Waals surface area contributed by atoms with E-state index in [-0.39, 0.29) is 22.8 Å². The number of ether oxygens (including phenoxy) is 1. The number of rotatable bonds is 4. The molecule has 0 aliphatic carbocycles. The highest BCUT2D eigenvalue weighted by molar-refractivity contribution is 6.12. The van der Waals surface area contributed by atoms with Crippen molar-refractivity contribution >= 4 is 23.6 Å². The first kappa shape index (κ1) is 16.3. The Morgan fingerprint density at radius 3 is 2.52 bits per heavy atom. The second kappa shape index (κ2) is 6.92. The van der Waals surface area contributed by atoms with Gasteiger partial charge in [-0.1, -0.05) is 48.5 Å². The number of hydrogen-bond acceptors (Lipinski definition) is 5. The molecule has 0 bridgehead atoms. The molecular formula is C19H14N2O4. The average Bonchev–Trinajstić information content (AvgIpc) is 2.96. The van der Waals surface area contributed by atoms with E-state index in [9.17, 15) is 14.9 Å². The van der Waals surface area contributed by atoms with Gasteiger partial charge in [0.15, 0.2) is 5.70 Å². The first-order chi connectivity index (χ1) is 12.0. The molecule has 1 heterocycles. The lowest BCUT2D eigenvalue weighted by Gasteiger charge is -2.00. The number of nitro groups is 1. The van der Waals surface area contributed by atoms with E-state index in [0.717, 1.165) is 11.1 Å². The Morgan fingerprint density at radius 1 is 1.12 bits per heavy atom. The van der Waals surface area contributed by atoms with Gasteiger partial charge in [0, 0.05) is 6.07 Å². The van der Waals surface area contributed by atoms with Crippen LogP contribution in [0.3, 0.4) is 0 Å². The van der Waals surface area contributed by atoms with Crippen molar-refractivity contribution in [2.75, 3.05) is 0 Å². The van der Waals surface area contributed by atoms with Crippen molar-refractivity contribution < 1.29 is 14.5 Å². The predicted molar refractivity (Wildman–Crippen MR) is 93.9 cm³/mol. The zero-order valence-electron chi connectivity index (χ0n) is 13.4. The maximum absolute atomic E-state index is 12.0. The van der Waals surface area contributed by atoms with Crippen LogP contribution in [0, 0.1) is 10.1 Å². The number of nitro benzene ring substituents is 1. The summed E-state index contributed by atoms with van der Waals surface area (Å²) in [6.45, 7) is 1.84. The van der Waals surface area contributed by atoms with Gasteiger partial charge in [-0.2, -0.15) is 0 Å². The zero-order chi connectivity index (χ0) is 17.8. The third kappa shape index (κ3) is 3.69. The number of carbonyl (C=O) groups excluding carboxylic acids is 1. The fraction of sp³-hybridized carbons (Fsp3) is 0.0526. The van der Waals surface area contributed by atoms with Crippen molar-refractivity contribution in [3.05, 3.63) is 93.2 Å². The fourth-order valence-electron chi connectivity index (χ4n) is 2.41. The van der Waals surface area contributed by atoms with Crippen LogP contribution in [0.1, 0.15) is 18.1 Å². The predicted octanol–water partition coefficient (Wildman–Crippen LogP) is 3.89. The minimum absolute atomic E-state index is 0.0592. The van der Waals surface area contributed by atoms with Gasteiger partial charge >= 0.3 is 5.97 Å². The Hall–Kier alpha value is -3.54. The van der Waals surface area contributed by atoms with Crippen LogP contribution in [0.5, 0.6) is 0 Å². The molecule has 3 rings (SSSR count). The minimum atomic E-state index is -0.631. The van der Waals surface area contributed by atoms with E-state index in [1.165, 1.54) is 12.1 Å². The molecule has 0 amide bonds. The number of aliphatic imine (C=N–C) groups is 1. The van der Waals surface area contributed by atoms with Gasteiger partial charge in [0.2, 0.25) is 5.90 Å². The standard InChI is InChI=1S/C19H14N2O4/c1-13(11-14-7-3-2-4-8-14)12-16-19(22)25-18(20-16)15-9-5-6-10-17(15)21(23)24/h2-12H,1H3/b13-11-,16-12-. The molecule has 0 fully saturated rings. The average molecular weight is 334 g/mol. The molecule has 6 nitrogen and oxygen atoms in total. The first-order valence-corrected chi connectivity index (χ1v) is 7.54. The molecule has 1 aliphatic rings. The van der Waals surface area contributed by atoms with Crippen molar-refractivity contribution in [2.45, 2.75) is 6.92 Å². The van der Waals surface area contributed by atoms with Gasteiger partial charge in [-0.3, -0.25) is 10.1 Å². The number of esters is 1. The third-order valence-corrected chi connectivity index (χ3v) is 3.51. The van der Waals surface area contributed by atoms with Gasteiger partial charge < -0.3 is 4.74 Å². The summed E-state index contributed by atoms with van der Waals surface area (Å²) < 4.78 is 5.11. The molecule has 0 aromatic heterocycles. The fourth-order valence-corrected chi connectivity index (χ4v) is 2.41. The van der Waals surface area contributed by atoms with Crippen molar-refractivity contribution in [1.29, 1.82) is 0 Å². The van der Waals surface area contributed by atoms with Crippen molar-refractivity contribution in [2.24, 2.45) is 4.99 Å². The number of hydrogen-bond donors (Lipinski definition) is 0. The Bertz CT molecular complexity index is 927. The molecule has 124 valence electrons. The lowest BCUT2D eigenvalue weighted by molar-refractivity contribution is -0.385. The number of benzene rings is 2. The van der Waals surface area contributed by atoms with Crippen LogP contribution in [-0.4, -0.2) is 16.8 Å². The van der Waals surface area contributed by atoms with Crippen LogP contribution < -0.4 is 0 Å². The quantitative estimate of drug-likeness (QED) is 0.368. The van der Waals surface area contributed by atoms with Crippen LogP contribution in [0.25, 0.3) is 6.08 Å². The summed E-state index contributed by atoms with van der Waals surface area (Å²) in [6.07, 6.45) is 3.50. The van der Waals surface area contributed by atoms with Crippen LogP contribution in [0.2, 0.25) is 0 Å². The summed E-state index contributed by atoms with van der Waals surface area (Å²) >= 11 is 0. The van der Waals surface area contributed by atoms with Gasteiger partial charge in [0.25, 0.3) is 5.69 Å². The molecule has 0 saturated heterocycles. The molecular weight excluding hydrogens is 320 g/mol. The normalized spacial score (nSPS) is 15.9. The maximum atomic E-state index is 12.0. The number of cyclic esters (lactones) is 1. The first-order valence-electron chi connectivity index (χ1n) is 7.54. The second-order valence-corrected chi connectivity index (χ2v) is 5.41. The lowest BCUT2D eigenvalue weighted by atomic mass is 10.1. The molecule has 0 radical (unpaired) electrons. The van der Waals surface area contributed by atoms with E-state index < -0.39 is 10.9 Å². The number of nitrogens with zero attached hydrogens (tertiary/aromatic N) is 2. The smallest absolute Gasteiger partial charge is 0.363 e. The monoisotopic (exact) mass is 334 g/mol. The Kier molecular flexibility index (Phi) is 4.52. The highest BCUT2D eigenvalue weighted by atomic mass is 16.6. The van der Waals surface area contributed by atoms with Gasteiger partial charge in [0.05, 0.1) is 4.92 Å². The maximum Gasteiger partial charge on any atom is 0.363 e. The largest absolute Gasteiger partial charge is 0.402 e. The summed E-state index contributed by atoms with van der Waals surface area (Å²) in [5.41, 5.74) is 1.93. The summed E-state index contributed by atoms with van der Waals surface area (Å²) in [5, 5.41) is 11.1. The second-order valence-electron chi connectivity index (χ2n) is 5.41. The van der Waals surface area contributed by atoms with Crippen molar-refractivity contribution in [1.82, 2.24) is 0 Å². The molecule has 0 saturated carbocycles. The SMILES string of the molecule is CC(=C/c1ccccc1)/C=C1\N=C(c2ccccc2[N+](=O)[O-])OC1=O. The Labute approximate surface area is 143 Å². The minimum Gasteiger partial charge on any atom is -0.402 e. The van der Waals surface area contributed by atoms with E-state index in [1.54, 1.807) is 18.2 Å². The number of carbonyl (C=O) groups is 1. The topological polar surface area (TPSA) is 81.8 Å². The van der Waals surface area contributed by atoms with E-state index in [1.807, 2.05) is 43.3 Å². The molecule has 0 unspecified atom stereocenters. The van der Waals surface area contributed by atoms with Crippen LogP contribution in [0.4, 0.5) is 5.69 Å². The molecule has 2 aromatic rings. The van der Waals surface area contributed by atoms with E-state index >= 15 is 0 Å². The molecule has 25 heavy (non-hydrogen) atoms. The zero-order valence-corrected chi connectivity index (χ0v) is 13.4. The van der Waals surface area contributed by atoms with Crippen LogP contribution >= 0.6 is 0 Å². The molecule has 0 spiro atoms. The van der Waals surface area contributed by atoms with Crippen molar-refractivity contribution in [3.63, 3.8) is 0 Å². The van der Waals surface area contributed by atoms with E-state index in [0.29, 0.717) is 0 Å². The molecule has 0 N–H and O–H groups in total. The van der Waals surface area contributed by atoms with Gasteiger partial charge in [-0.05, 0) is 30.2 Å². The van der Waals surface area contributed by atoms with Crippen molar-refractivity contribution in [3.8, 4) is 0 Å². The van der Waals surface area contributed by atoms with Gasteiger partial charge in [-0.25, -0.2) is 9.79 Å². The van der Waals surface area contributed by atoms with E-state index in [2.05, 4.69) is 4.99 Å². The number of para-hydroxylation sites is 1. The molecule has 6 heteroatoms. The highest BCUT2D eigenvalue weighted by Gasteiger charge is 2.28. The number of allylic oxidation sites excluding steroid dienone is 2. The lowest BCUT2D eigenvalue weighted by Crippen LogP contribution is -2.07. The molecule has 1 aliphatic heterocycles. The summed E-state index contributed by atoms with van der Waals surface area (Å²) in [6, 6.07) is 15.6. The Balaban J connectivity index is 1.93. The van der Waals surface area contributed by atoms with E-state index in [4.69, 9.17) is 4.74 Å². The van der Waals surface area contributed by atoms with Gasteiger partial charge in [-0.15, -0.1) is 0 Å². The summed E-state index contributed by atoms with van der Waals surface area (Å²) in [7, 11) is 0. The Morgan fingerprint density at radius 2 is 1.80 bits per heavy atom. The highest BCUT2D eigenvalue weighted by Crippen LogP contribution is 2.24. The van der Waals surface area contributed by atoms with Crippen LogP contribution in [-0.2, 0) is 9.53 Å². The van der Waals surface area contributed by atoms with Gasteiger partial charge in [0.1, 0.15) is 5.56 Å². The molecule has 2 aromatic carbocycles. The summed E-state index contributed by atoms with van der Waals surface area (Å²) in [5.74, 6) is -0.690. The third-order valence-electron chi connectivity index (χ3n) is 3.51.